The standard InChI is InChI=1S/C20H12N4.HI/c1-2-14-10-16-5-6-18(23-16)12-20-8-7-19(24-20)11-17-4-3-15(22-17)9-13(1)21-14;/h1-12H;1H. The molecule has 0 saturated carbocycles. The van der Waals surface area contributed by atoms with Crippen molar-refractivity contribution in [1.29, 1.82) is 0 Å². The van der Waals surface area contributed by atoms with Gasteiger partial charge in [-0.15, -0.1) is 24.0 Å². The summed E-state index contributed by atoms with van der Waals surface area (Å²) in [6.45, 7) is 0. The van der Waals surface area contributed by atoms with Crippen LogP contribution in [0.25, 0.3) is 0 Å². The van der Waals surface area contributed by atoms with Crippen LogP contribution in [-0.4, -0.2) is 22.8 Å². The van der Waals surface area contributed by atoms with Crippen LogP contribution in [0, 0.1) is 0 Å². The lowest BCUT2D eigenvalue weighted by Crippen LogP contribution is -1.89. The van der Waals surface area contributed by atoms with Crippen LogP contribution in [0.4, 0.5) is 0 Å². The smallest absolute Gasteiger partial charge is 0.0659 e. The highest BCUT2D eigenvalue weighted by Crippen LogP contribution is 2.20. The molecule has 5 aliphatic rings. The fraction of sp³-hybridized carbons (Fsp3) is 0. The van der Waals surface area contributed by atoms with E-state index in [1.807, 2.05) is 72.9 Å². The molecular formula is C20H13IN4. The summed E-state index contributed by atoms with van der Waals surface area (Å²) in [6, 6.07) is 0. The zero-order valence-electron chi connectivity index (χ0n) is 13.1. The van der Waals surface area contributed by atoms with Gasteiger partial charge in [-0.25, -0.2) is 20.0 Å². The fourth-order valence-electron chi connectivity index (χ4n) is 2.83. The first-order valence-corrected chi connectivity index (χ1v) is 7.74. The zero-order valence-corrected chi connectivity index (χ0v) is 15.5. The van der Waals surface area contributed by atoms with Gasteiger partial charge in [-0.05, 0) is 72.9 Å². The molecule has 0 unspecified atom stereocenters. The lowest BCUT2D eigenvalue weighted by molar-refractivity contribution is 1.41. The molecule has 5 aliphatic heterocycles. The van der Waals surface area contributed by atoms with Gasteiger partial charge in [0.25, 0.3) is 0 Å². The van der Waals surface area contributed by atoms with E-state index in [2.05, 4.69) is 20.0 Å². The van der Waals surface area contributed by atoms with Gasteiger partial charge in [0.15, 0.2) is 0 Å². The first kappa shape index (κ1) is 15.8. The average molecular weight is 436 g/mol. The summed E-state index contributed by atoms with van der Waals surface area (Å²) >= 11 is 0. The quantitative estimate of drug-likeness (QED) is 0.512. The third-order valence-electron chi connectivity index (χ3n) is 3.92. The lowest BCUT2D eigenvalue weighted by atomic mass is 10.2. The van der Waals surface area contributed by atoms with Crippen molar-refractivity contribution in [2.75, 3.05) is 0 Å². The zero-order chi connectivity index (χ0) is 15.9. The van der Waals surface area contributed by atoms with E-state index in [4.69, 9.17) is 0 Å². The van der Waals surface area contributed by atoms with Crippen molar-refractivity contribution in [2.45, 2.75) is 0 Å². The van der Waals surface area contributed by atoms with Crippen LogP contribution < -0.4 is 0 Å². The van der Waals surface area contributed by atoms with Crippen LogP contribution in [-0.2, 0) is 0 Å². The maximum Gasteiger partial charge on any atom is 0.0659 e. The van der Waals surface area contributed by atoms with Gasteiger partial charge in [0.05, 0.1) is 45.6 Å². The average Bonchev–Trinajstić information content (AvgIpc) is 3.32. The molecule has 0 aliphatic carbocycles. The molecule has 0 aromatic rings. The maximum atomic E-state index is 4.59. The molecule has 0 amide bonds. The van der Waals surface area contributed by atoms with Gasteiger partial charge in [-0.1, -0.05) is 0 Å². The van der Waals surface area contributed by atoms with Gasteiger partial charge in [0.2, 0.25) is 0 Å². The summed E-state index contributed by atoms with van der Waals surface area (Å²) in [6.07, 6.45) is 23.8. The molecule has 120 valence electrons. The van der Waals surface area contributed by atoms with Gasteiger partial charge in [0.1, 0.15) is 0 Å². The predicted octanol–water partition coefficient (Wildman–Crippen LogP) is 4.20. The van der Waals surface area contributed by atoms with E-state index in [0.717, 1.165) is 45.6 Å². The largest absolute Gasteiger partial charge is 0.249 e. The topological polar surface area (TPSA) is 49.4 Å². The Morgan fingerprint density at radius 2 is 0.600 bits per heavy atom. The third kappa shape index (κ3) is 3.28. The van der Waals surface area contributed by atoms with Gasteiger partial charge in [0, 0.05) is 0 Å². The Bertz CT molecular complexity index is 848. The first-order chi connectivity index (χ1) is 11.8. The number of aliphatic imine (C=N–C) groups is 4. The van der Waals surface area contributed by atoms with Crippen molar-refractivity contribution >= 4 is 46.8 Å². The molecule has 5 rings (SSSR count). The summed E-state index contributed by atoms with van der Waals surface area (Å²) in [4.78, 5) is 18.4. The summed E-state index contributed by atoms with van der Waals surface area (Å²) < 4.78 is 0. The molecule has 0 aromatic heterocycles. The van der Waals surface area contributed by atoms with Crippen LogP contribution in [0.2, 0.25) is 0 Å². The highest BCUT2D eigenvalue weighted by atomic mass is 127. The van der Waals surface area contributed by atoms with E-state index in [1.165, 1.54) is 0 Å². The van der Waals surface area contributed by atoms with Gasteiger partial charge in [-0.2, -0.15) is 0 Å². The monoisotopic (exact) mass is 436 g/mol. The molecule has 5 heteroatoms. The fourth-order valence-corrected chi connectivity index (χ4v) is 2.83. The van der Waals surface area contributed by atoms with E-state index in [9.17, 15) is 0 Å². The van der Waals surface area contributed by atoms with E-state index < -0.39 is 0 Å². The Kier molecular flexibility index (Phi) is 4.01. The second kappa shape index (κ2) is 6.33. The van der Waals surface area contributed by atoms with E-state index in [1.54, 1.807) is 0 Å². The molecule has 0 aromatic carbocycles. The van der Waals surface area contributed by atoms with Crippen molar-refractivity contribution in [3.8, 4) is 0 Å². The minimum atomic E-state index is 0. The molecule has 0 spiro atoms. The molecule has 25 heavy (non-hydrogen) atoms. The minimum Gasteiger partial charge on any atom is -0.249 e. The Morgan fingerprint density at radius 3 is 0.840 bits per heavy atom. The van der Waals surface area contributed by atoms with Crippen molar-refractivity contribution in [2.24, 2.45) is 20.0 Å². The molecule has 4 nitrogen and oxygen atoms in total. The summed E-state index contributed by atoms with van der Waals surface area (Å²) in [5.74, 6) is 0. The molecule has 0 N–H and O–H groups in total. The van der Waals surface area contributed by atoms with Gasteiger partial charge < -0.3 is 0 Å². The number of fused-ring (bicyclic) bond motifs is 4. The maximum absolute atomic E-state index is 4.59. The number of hydrogen-bond acceptors (Lipinski definition) is 4. The van der Waals surface area contributed by atoms with Crippen molar-refractivity contribution in [3.63, 3.8) is 0 Å². The van der Waals surface area contributed by atoms with E-state index >= 15 is 0 Å². The van der Waals surface area contributed by atoms with Crippen molar-refractivity contribution in [1.82, 2.24) is 0 Å². The number of nitrogens with zero attached hydrogens (tertiary/aromatic N) is 4. The highest BCUT2D eigenvalue weighted by Gasteiger charge is 2.11. The number of rotatable bonds is 0. The van der Waals surface area contributed by atoms with Gasteiger partial charge >= 0.3 is 0 Å². The molecule has 5 heterocycles. The van der Waals surface area contributed by atoms with Crippen LogP contribution in [0.1, 0.15) is 0 Å². The lowest BCUT2D eigenvalue weighted by Gasteiger charge is -1.94. The summed E-state index contributed by atoms with van der Waals surface area (Å²) in [5, 5.41) is 0. The van der Waals surface area contributed by atoms with Crippen LogP contribution in [0.15, 0.2) is 116 Å². The SMILES string of the molecule is C1=CC2=NC1=CC1=NC(=CC3=NC(=CC4=NC(=C2)C=C4)C=C3)C=C1.I. The molecular weight excluding hydrogens is 423 g/mol. The van der Waals surface area contributed by atoms with Crippen LogP contribution in [0.5, 0.6) is 0 Å². The van der Waals surface area contributed by atoms with Crippen molar-refractivity contribution in [3.05, 3.63) is 95.7 Å². The Morgan fingerprint density at radius 1 is 0.360 bits per heavy atom. The summed E-state index contributed by atoms with van der Waals surface area (Å²) in [5.41, 5.74) is 7.15. The molecule has 0 fully saturated rings. The number of halogens is 1. The second-order valence-corrected chi connectivity index (χ2v) is 5.76. The minimum absolute atomic E-state index is 0. The Labute approximate surface area is 162 Å². The normalized spacial score (nSPS) is 21.8. The van der Waals surface area contributed by atoms with Crippen LogP contribution >= 0.6 is 24.0 Å². The Balaban J connectivity index is 0.00000157. The highest BCUT2D eigenvalue weighted by molar-refractivity contribution is 14.0. The molecule has 0 saturated heterocycles. The van der Waals surface area contributed by atoms with Gasteiger partial charge in [-0.3, -0.25) is 0 Å². The van der Waals surface area contributed by atoms with Crippen molar-refractivity contribution < 1.29 is 0 Å². The first-order valence-electron chi connectivity index (χ1n) is 7.74. The molecule has 0 radical (unpaired) electrons. The predicted molar refractivity (Wildman–Crippen MR) is 114 cm³/mol. The second-order valence-electron chi connectivity index (χ2n) is 5.76. The number of allylic oxidation sites excluding steroid dienone is 12. The van der Waals surface area contributed by atoms with Crippen LogP contribution in [0.3, 0.4) is 0 Å². The Hall–Kier alpha value is -2.67. The molecule has 8 bridgehead atoms. The molecule has 0 atom stereocenters. The van der Waals surface area contributed by atoms with E-state index in [-0.39, 0.29) is 24.0 Å². The summed E-state index contributed by atoms with van der Waals surface area (Å²) in [7, 11) is 0. The number of hydrogen-bond donors (Lipinski definition) is 0. The van der Waals surface area contributed by atoms with E-state index in [0.29, 0.717) is 0 Å². The third-order valence-corrected chi connectivity index (χ3v) is 3.92.